The van der Waals surface area contributed by atoms with Gasteiger partial charge in [-0.3, -0.25) is 4.90 Å². The van der Waals surface area contributed by atoms with Crippen molar-refractivity contribution in [2.24, 2.45) is 0 Å². The van der Waals surface area contributed by atoms with Gasteiger partial charge in [-0.05, 0) is 24.6 Å². The van der Waals surface area contributed by atoms with Crippen LogP contribution in [0.3, 0.4) is 0 Å². The van der Waals surface area contributed by atoms with E-state index in [0.29, 0.717) is 0 Å². The summed E-state index contributed by atoms with van der Waals surface area (Å²) < 4.78 is 1.89. The second kappa shape index (κ2) is 2.68. The lowest BCUT2D eigenvalue weighted by Crippen LogP contribution is -2.43. The highest BCUT2D eigenvalue weighted by molar-refractivity contribution is 6.13. The molecule has 1 aliphatic heterocycles. The van der Waals surface area contributed by atoms with Gasteiger partial charge in [-0.1, -0.05) is 0 Å². The zero-order valence-electron chi connectivity index (χ0n) is 6.09. The Hall–Kier alpha value is 0.210. The molecule has 0 unspecified atom stereocenters. The summed E-state index contributed by atoms with van der Waals surface area (Å²) in [7, 11) is 0. The fourth-order valence-electron chi connectivity index (χ4n) is 1.50. The number of hydrogen-bond acceptors (Lipinski definition) is 2. The highest BCUT2D eigenvalue weighted by Gasteiger charge is 2.30. The number of piperazine rings is 1. The first-order chi connectivity index (χ1) is 4.86. The molecule has 0 amide bonds. The minimum absolute atomic E-state index is 0.922. The Morgan fingerprint density at radius 1 is 1.00 bits per heavy atom. The maximum absolute atomic E-state index is 5.81. The fraction of sp³-hybridized carbons (Fsp3) is 1.00. The molecule has 2 nitrogen and oxygen atoms in total. The van der Waals surface area contributed by atoms with Crippen LogP contribution in [0.4, 0.5) is 0 Å². The number of halogens is 1. The van der Waals surface area contributed by atoms with E-state index >= 15 is 0 Å². The van der Waals surface area contributed by atoms with Crippen molar-refractivity contribution in [2.45, 2.75) is 18.9 Å². The van der Waals surface area contributed by atoms with Gasteiger partial charge >= 0.3 is 0 Å². The van der Waals surface area contributed by atoms with Crippen LogP contribution >= 0.6 is 11.8 Å². The van der Waals surface area contributed by atoms with Gasteiger partial charge in [0.05, 0.1) is 0 Å². The second-order valence-electron chi connectivity index (χ2n) is 3.18. The van der Waals surface area contributed by atoms with E-state index in [2.05, 4.69) is 4.90 Å². The number of hydrogen-bond donors (Lipinski definition) is 0. The Morgan fingerprint density at radius 2 is 1.60 bits per heavy atom. The molecule has 1 saturated carbocycles. The minimum Gasteiger partial charge on any atom is -0.298 e. The number of rotatable bonds is 1. The van der Waals surface area contributed by atoms with Gasteiger partial charge in [-0.25, -0.2) is 4.42 Å². The first-order valence-electron chi connectivity index (χ1n) is 4.01. The van der Waals surface area contributed by atoms with Gasteiger partial charge in [-0.2, -0.15) is 0 Å². The summed E-state index contributed by atoms with van der Waals surface area (Å²) in [5.74, 6) is 0. The molecule has 0 bridgehead atoms. The van der Waals surface area contributed by atoms with Crippen molar-refractivity contribution in [3.63, 3.8) is 0 Å². The van der Waals surface area contributed by atoms with Crippen LogP contribution in [0.5, 0.6) is 0 Å². The second-order valence-corrected chi connectivity index (χ2v) is 3.66. The molecule has 3 heteroatoms. The standard InChI is InChI=1S/C7H13ClN2/c8-10-5-3-9(4-6-10)7-1-2-7/h7H,1-6H2. The zero-order chi connectivity index (χ0) is 6.97. The highest BCUT2D eigenvalue weighted by Crippen LogP contribution is 2.27. The van der Waals surface area contributed by atoms with Crippen molar-refractivity contribution in [2.75, 3.05) is 26.2 Å². The Kier molecular flexibility index (Phi) is 1.85. The van der Waals surface area contributed by atoms with Crippen molar-refractivity contribution in [1.29, 1.82) is 0 Å². The zero-order valence-corrected chi connectivity index (χ0v) is 6.85. The van der Waals surface area contributed by atoms with Gasteiger partial charge < -0.3 is 0 Å². The molecule has 2 rings (SSSR count). The van der Waals surface area contributed by atoms with Crippen LogP contribution < -0.4 is 0 Å². The molecule has 1 aliphatic carbocycles. The van der Waals surface area contributed by atoms with Crippen LogP contribution in [0.1, 0.15) is 12.8 Å². The van der Waals surface area contributed by atoms with Crippen molar-refractivity contribution in [3.8, 4) is 0 Å². The molecule has 2 aliphatic rings. The van der Waals surface area contributed by atoms with Crippen LogP contribution in [0.25, 0.3) is 0 Å². The van der Waals surface area contributed by atoms with E-state index in [9.17, 15) is 0 Å². The summed E-state index contributed by atoms with van der Waals surface area (Å²) in [5.41, 5.74) is 0. The highest BCUT2D eigenvalue weighted by atomic mass is 35.5. The predicted molar refractivity (Wildman–Crippen MR) is 42.0 cm³/mol. The van der Waals surface area contributed by atoms with E-state index in [1.807, 2.05) is 4.42 Å². The topological polar surface area (TPSA) is 6.48 Å². The molecule has 1 heterocycles. The fourth-order valence-corrected chi connectivity index (χ4v) is 1.65. The maximum atomic E-state index is 5.81. The summed E-state index contributed by atoms with van der Waals surface area (Å²) in [6.07, 6.45) is 2.84. The van der Waals surface area contributed by atoms with Crippen LogP contribution in [0, 0.1) is 0 Å². The predicted octanol–water partition coefficient (Wildman–Crippen LogP) is 0.920. The lowest BCUT2D eigenvalue weighted by molar-refractivity contribution is 0.184. The molecule has 1 saturated heterocycles. The molecule has 0 aromatic rings. The summed E-state index contributed by atoms with van der Waals surface area (Å²) in [5, 5.41) is 0. The van der Waals surface area contributed by atoms with Gasteiger partial charge in [0.15, 0.2) is 0 Å². The molecule has 0 spiro atoms. The molecule has 10 heavy (non-hydrogen) atoms. The van der Waals surface area contributed by atoms with Crippen LogP contribution in [0.15, 0.2) is 0 Å². The van der Waals surface area contributed by atoms with E-state index in [1.165, 1.54) is 25.9 Å². The first kappa shape index (κ1) is 6.89. The van der Waals surface area contributed by atoms with Gasteiger partial charge in [-0.15, -0.1) is 0 Å². The van der Waals surface area contributed by atoms with E-state index in [-0.39, 0.29) is 0 Å². The monoisotopic (exact) mass is 160 g/mol. The van der Waals surface area contributed by atoms with Gasteiger partial charge in [0.2, 0.25) is 0 Å². The molecule has 58 valence electrons. The normalized spacial score (nSPS) is 30.9. The lowest BCUT2D eigenvalue weighted by atomic mass is 10.3. The Morgan fingerprint density at radius 3 is 2.10 bits per heavy atom. The molecular weight excluding hydrogens is 148 g/mol. The molecular formula is C7H13ClN2. The summed E-state index contributed by atoms with van der Waals surface area (Å²) >= 11 is 5.81. The third kappa shape index (κ3) is 1.44. The Labute approximate surface area is 66.9 Å². The molecule has 2 fully saturated rings. The van der Waals surface area contributed by atoms with E-state index in [0.717, 1.165) is 19.1 Å². The Bertz CT molecular complexity index is 117. The lowest BCUT2D eigenvalue weighted by Gasteiger charge is -2.30. The van der Waals surface area contributed by atoms with E-state index in [1.54, 1.807) is 0 Å². The maximum Gasteiger partial charge on any atom is 0.0267 e. The van der Waals surface area contributed by atoms with Crippen LogP contribution in [-0.2, 0) is 0 Å². The van der Waals surface area contributed by atoms with Gasteiger partial charge in [0.25, 0.3) is 0 Å². The molecule has 0 radical (unpaired) electrons. The van der Waals surface area contributed by atoms with Crippen LogP contribution in [0.2, 0.25) is 0 Å². The minimum atomic E-state index is 0.922. The molecule has 0 N–H and O–H groups in total. The smallest absolute Gasteiger partial charge is 0.0267 e. The Balaban J connectivity index is 1.79. The van der Waals surface area contributed by atoms with Gasteiger partial charge in [0, 0.05) is 32.2 Å². The third-order valence-electron chi connectivity index (χ3n) is 2.32. The van der Waals surface area contributed by atoms with E-state index < -0.39 is 0 Å². The van der Waals surface area contributed by atoms with Crippen molar-refractivity contribution in [3.05, 3.63) is 0 Å². The van der Waals surface area contributed by atoms with Crippen LogP contribution in [-0.4, -0.2) is 41.5 Å². The third-order valence-corrected chi connectivity index (χ3v) is 2.66. The SMILES string of the molecule is ClN1CCN(C2CC2)CC1. The molecule has 0 aromatic carbocycles. The van der Waals surface area contributed by atoms with Crippen molar-refractivity contribution < 1.29 is 0 Å². The summed E-state index contributed by atoms with van der Waals surface area (Å²) in [6.45, 7) is 4.43. The van der Waals surface area contributed by atoms with Crippen molar-refractivity contribution in [1.82, 2.24) is 9.32 Å². The average molecular weight is 161 g/mol. The van der Waals surface area contributed by atoms with Crippen molar-refractivity contribution >= 4 is 11.8 Å². The largest absolute Gasteiger partial charge is 0.298 e. The van der Waals surface area contributed by atoms with E-state index in [4.69, 9.17) is 11.8 Å². The number of nitrogens with zero attached hydrogens (tertiary/aromatic N) is 2. The first-order valence-corrected chi connectivity index (χ1v) is 4.35. The summed E-state index contributed by atoms with van der Waals surface area (Å²) in [4.78, 5) is 2.55. The quantitative estimate of drug-likeness (QED) is 0.527. The van der Waals surface area contributed by atoms with Gasteiger partial charge in [0.1, 0.15) is 0 Å². The molecule has 0 atom stereocenters. The summed E-state index contributed by atoms with van der Waals surface area (Å²) in [6, 6.07) is 0.922. The average Bonchev–Trinajstić information content (AvgIpc) is 2.71. The molecule has 0 aromatic heterocycles.